The highest BCUT2D eigenvalue weighted by atomic mass is 32.2. The van der Waals surface area contributed by atoms with Gasteiger partial charge in [-0.3, -0.25) is 9.69 Å². The van der Waals surface area contributed by atoms with E-state index in [2.05, 4.69) is 0 Å². The fraction of sp³-hybridized carbons (Fsp3) is 0.517. The Labute approximate surface area is 231 Å². The summed E-state index contributed by atoms with van der Waals surface area (Å²) in [6.07, 6.45) is 4.98. The van der Waals surface area contributed by atoms with Crippen LogP contribution in [0, 0.1) is 5.92 Å². The molecule has 0 bridgehead atoms. The fourth-order valence-electron chi connectivity index (χ4n) is 5.86. The summed E-state index contributed by atoms with van der Waals surface area (Å²) in [5.41, 5.74) is 2.23. The lowest BCUT2D eigenvalue weighted by Crippen LogP contribution is -2.52. The number of ether oxygens (including phenoxy) is 1. The van der Waals surface area contributed by atoms with Crippen LogP contribution in [0.25, 0.3) is 11.1 Å². The molecule has 1 aliphatic heterocycles. The third-order valence-corrected chi connectivity index (χ3v) is 9.99. The fourth-order valence-corrected chi connectivity index (χ4v) is 7.50. The molecule has 2 aromatic rings. The Hall–Kier alpha value is -3.11. The van der Waals surface area contributed by atoms with Crippen LogP contribution < -0.4 is 14.5 Å². The molecule has 212 valence electrons. The SMILES string of the molecule is CCN(CC)S(=O)(=O)c1cc(-c2ccc3c(c2)N(C(=O)O)C[C@H](C)N3C(=O)CC2CCCCC2)ccc1OC. The number of carbonyl (C=O) groups excluding carboxylic acids is 1. The smallest absolute Gasteiger partial charge is 0.411 e. The van der Waals surface area contributed by atoms with Gasteiger partial charge in [-0.25, -0.2) is 13.2 Å². The van der Waals surface area contributed by atoms with E-state index in [1.54, 1.807) is 49.1 Å². The summed E-state index contributed by atoms with van der Waals surface area (Å²) in [5, 5.41) is 10.0. The Balaban J connectivity index is 1.76. The molecule has 1 fully saturated rings. The Kier molecular flexibility index (Phi) is 8.86. The second-order valence-corrected chi connectivity index (χ2v) is 12.3. The second kappa shape index (κ2) is 12.0. The summed E-state index contributed by atoms with van der Waals surface area (Å²) in [6, 6.07) is 9.95. The number of carbonyl (C=O) groups is 2. The molecular formula is C29H39N3O6S. The molecule has 0 unspecified atom stereocenters. The number of methoxy groups -OCH3 is 1. The Morgan fingerprint density at radius 3 is 2.26 bits per heavy atom. The summed E-state index contributed by atoms with van der Waals surface area (Å²) in [4.78, 5) is 28.8. The van der Waals surface area contributed by atoms with Gasteiger partial charge in [-0.05, 0) is 61.1 Å². The Morgan fingerprint density at radius 1 is 1.00 bits per heavy atom. The molecule has 2 amide bonds. The molecule has 1 aliphatic carbocycles. The molecule has 2 aromatic carbocycles. The standard InChI is InChI=1S/C29H39N3O6S/c1-5-30(6-2)39(36,37)27-18-23(13-15-26(27)38-4)22-12-14-24-25(17-22)31(29(34)35)19-20(3)32(24)28(33)16-21-10-8-7-9-11-21/h12-15,17-18,20-21H,5-11,16,19H2,1-4H3,(H,34,35)/t20-/m0/s1. The number of benzene rings is 2. The van der Waals surface area contributed by atoms with E-state index in [-0.39, 0.29) is 29.1 Å². The van der Waals surface area contributed by atoms with Crippen LogP contribution in [0.4, 0.5) is 16.2 Å². The molecule has 1 saturated carbocycles. The number of carboxylic acid groups (broad SMARTS) is 1. The van der Waals surface area contributed by atoms with Crippen molar-refractivity contribution in [2.75, 3.05) is 36.5 Å². The lowest BCUT2D eigenvalue weighted by molar-refractivity contribution is -0.120. The van der Waals surface area contributed by atoms with Gasteiger partial charge < -0.3 is 14.7 Å². The van der Waals surface area contributed by atoms with Gasteiger partial charge in [0.2, 0.25) is 15.9 Å². The van der Waals surface area contributed by atoms with Crippen LogP contribution in [0.5, 0.6) is 5.75 Å². The van der Waals surface area contributed by atoms with Crippen LogP contribution in [0.1, 0.15) is 59.3 Å². The van der Waals surface area contributed by atoms with Crippen molar-refractivity contribution in [1.29, 1.82) is 0 Å². The van der Waals surface area contributed by atoms with Gasteiger partial charge in [0.25, 0.3) is 0 Å². The maximum atomic E-state index is 13.5. The van der Waals surface area contributed by atoms with Crippen molar-refractivity contribution in [3.05, 3.63) is 36.4 Å². The zero-order valence-corrected chi connectivity index (χ0v) is 24.0. The number of anilines is 2. The van der Waals surface area contributed by atoms with Gasteiger partial charge in [-0.15, -0.1) is 0 Å². The van der Waals surface area contributed by atoms with E-state index < -0.39 is 16.1 Å². The van der Waals surface area contributed by atoms with E-state index in [0.29, 0.717) is 47.9 Å². The molecule has 2 aliphatic rings. The van der Waals surface area contributed by atoms with Gasteiger partial charge in [0.1, 0.15) is 10.6 Å². The summed E-state index contributed by atoms with van der Waals surface area (Å²) in [6.45, 7) is 6.24. The topological polar surface area (TPSA) is 107 Å². The first kappa shape index (κ1) is 28.9. The van der Waals surface area contributed by atoms with Gasteiger partial charge >= 0.3 is 6.09 Å². The first-order chi connectivity index (χ1) is 18.6. The van der Waals surface area contributed by atoms with Crippen molar-refractivity contribution in [3.8, 4) is 16.9 Å². The van der Waals surface area contributed by atoms with Gasteiger partial charge in [-0.2, -0.15) is 4.31 Å². The zero-order chi connectivity index (χ0) is 28.3. The maximum absolute atomic E-state index is 13.5. The van der Waals surface area contributed by atoms with Crippen LogP contribution >= 0.6 is 0 Å². The van der Waals surface area contributed by atoms with E-state index in [1.807, 2.05) is 13.0 Å². The Morgan fingerprint density at radius 2 is 1.64 bits per heavy atom. The van der Waals surface area contributed by atoms with Gasteiger partial charge in [-0.1, -0.05) is 45.2 Å². The lowest BCUT2D eigenvalue weighted by Gasteiger charge is -2.41. The highest BCUT2D eigenvalue weighted by Crippen LogP contribution is 2.41. The molecule has 4 rings (SSSR count). The largest absolute Gasteiger partial charge is 0.495 e. The highest BCUT2D eigenvalue weighted by Gasteiger charge is 2.36. The van der Waals surface area contributed by atoms with E-state index >= 15 is 0 Å². The summed E-state index contributed by atoms with van der Waals surface area (Å²) < 4.78 is 33.5. The zero-order valence-electron chi connectivity index (χ0n) is 23.2. The number of amides is 2. The minimum atomic E-state index is -3.81. The predicted octanol–water partition coefficient (Wildman–Crippen LogP) is 5.58. The average Bonchev–Trinajstić information content (AvgIpc) is 2.92. The van der Waals surface area contributed by atoms with Crippen LogP contribution in [0.3, 0.4) is 0 Å². The molecule has 39 heavy (non-hydrogen) atoms. The highest BCUT2D eigenvalue weighted by molar-refractivity contribution is 7.89. The van der Waals surface area contributed by atoms with E-state index in [4.69, 9.17) is 4.74 Å². The molecule has 1 atom stereocenters. The number of sulfonamides is 1. The number of fused-ring (bicyclic) bond motifs is 1. The van der Waals surface area contributed by atoms with E-state index in [9.17, 15) is 23.1 Å². The average molecular weight is 558 g/mol. The lowest BCUT2D eigenvalue weighted by atomic mass is 9.86. The van der Waals surface area contributed by atoms with Crippen molar-refractivity contribution in [2.24, 2.45) is 5.92 Å². The maximum Gasteiger partial charge on any atom is 0.411 e. The third-order valence-electron chi connectivity index (χ3n) is 7.92. The molecule has 1 heterocycles. The normalized spacial score (nSPS) is 18.2. The molecule has 9 nitrogen and oxygen atoms in total. The minimum absolute atomic E-state index is 0.0190. The van der Waals surface area contributed by atoms with E-state index in [0.717, 1.165) is 25.7 Å². The van der Waals surface area contributed by atoms with Crippen LogP contribution in [0.2, 0.25) is 0 Å². The molecule has 10 heteroatoms. The number of nitrogens with zero attached hydrogens (tertiary/aromatic N) is 3. The van der Waals surface area contributed by atoms with Crippen molar-refractivity contribution < 1.29 is 27.9 Å². The van der Waals surface area contributed by atoms with Gasteiger partial charge in [0, 0.05) is 26.1 Å². The van der Waals surface area contributed by atoms with Crippen LogP contribution in [-0.2, 0) is 14.8 Å². The number of hydrogen-bond donors (Lipinski definition) is 1. The van der Waals surface area contributed by atoms with Gasteiger partial charge in [0.05, 0.1) is 24.5 Å². The van der Waals surface area contributed by atoms with Crippen molar-refractivity contribution in [1.82, 2.24) is 4.31 Å². The first-order valence-electron chi connectivity index (χ1n) is 13.8. The third kappa shape index (κ3) is 5.77. The molecule has 0 spiro atoms. The summed E-state index contributed by atoms with van der Waals surface area (Å²) in [5.74, 6) is 0.624. The predicted molar refractivity (Wildman–Crippen MR) is 152 cm³/mol. The van der Waals surface area contributed by atoms with Crippen molar-refractivity contribution in [3.63, 3.8) is 0 Å². The molecule has 0 saturated heterocycles. The second-order valence-electron chi connectivity index (χ2n) is 10.4. The number of hydrogen-bond acceptors (Lipinski definition) is 5. The van der Waals surface area contributed by atoms with Gasteiger partial charge in [0.15, 0.2) is 0 Å². The van der Waals surface area contributed by atoms with Crippen molar-refractivity contribution in [2.45, 2.75) is 70.2 Å². The monoisotopic (exact) mass is 557 g/mol. The Bertz CT molecular complexity index is 1320. The molecular weight excluding hydrogens is 518 g/mol. The summed E-state index contributed by atoms with van der Waals surface area (Å²) in [7, 11) is -2.38. The van der Waals surface area contributed by atoms with Crippen LogP contribution in [-0.4, -0.2) is 62.6 Å². The van der Waals surface area contributed by atoms with E-state index in [1.165, 1.54) is 22.7 Å². The van der Waals surface area contributed by atoms with Crippen molar-refractivity contribution >= 4 is 33.4 Å². The molecule has 0 aromatic heterocycles. The molecule has 1 N–H and O–H groups in total. The minimum Gasteiger partial charge on any atom is -0.495 e. The van der Waals surface area contributed by atoms with Crippen LogP contribution in [0.15, 0.2) is 41.3 Å². The summed E-state index contributed by atoms with van der Waals surface area (Å²) >= 11 is 0. The molecule has 0 radical (unpaired) electrons. The number of rotatable bonds is 8. The quantitative estimate of drug-likeness (QED) is 0.454. The first-order valence-corrected chi connectivity index (χ1v) is 15.2.